The van der Waals surface area contributed by atoms with Gasteiger partial charge in [-0.25, -0.2) is 0 Å². The highest BCUT2D eigenvalue weighted by Crippen LogP contribution is 2.13. The summed E-state index contributed by atoms with van der Waals surface area (Å²) in [5, 5.41) is 3.38. The van der Waals surface area contributed by atoms with Crippen LogP contribution in [-0.2, 0) is 6.42 Å². The summed E-state index contributed by atoms with van der Waals surface area (Å²) in [6.45, 7) is 2.89. The lowest BCUT2D eigenvalue weighted by atomic mass is 10.2. The van der Waals surface area contributed by atoms with Crippen LogP contribution in [0.15, 0.2) is 29.4 Å². The van der Waals surface area contributed by atoms with Crippen LogP contribution in [0, 0.1) is 0 Å². The third-order valence-electron chi connectivity index (χ3n) is 1.83. The molecule has 14 heavy (non-hydrogen) atoms. The number of hydrogen-bond donors (Lipinski definition) is 0. The van der Waals surface area contributed by atoms with Gasteiger partial charge in [-0.05, 0) is 29.6 Å². The van der Waals surface area contributed by atoms with Crippen molar-refractivity contribution in [2.75, 3.05) is 13.2 Å². The molecule has 0 radical (unpaired) electrons. The molecule has 0 aliphatic carbocycles. The molecule has 0 aromatic heterocycles. The molecule has 74 valence electrons. The SMILES string of the molecule is CCc1cccc(OCCN=[N+]=[N-])c1. The molecule has 0 amide bonds. The van der Waals surface area contributed by atoms with Crippen LogP contribution in [0.2, 0.25) is 0 Å². The zero-order valence-corrected chi connectivity index (χ0v) is 8.18. The van der Waals surface area contributed by atoms with Gasteiger partial charge in [-0.15, -0.1) is 0 Å². The van der Waals surface area contributed by atoms with E-state index in [1.807, 2.05) is 18.2 Å². The normalized spacial score (nSPS) is 9.21. The van der Waals surface area contributed by atoms with Crippen LogP contribution in [0.4, 0.5) is 0 Å². The standard InChI is InChI=1S/C10H13N3O/c1-2-9-4-3-5-10(8-9)14-7-6-12-13-11/h3-5,8H,2,6-7H2,1H3. The summed E-state index contributed by atoms with van der Waals surface area (Å²) in [7, 11) is 0. The zero-order valence-electron chi connectivity index (χ0n) is 8.18. The largest absolute Gasteiger partial charge is 0.493 e. The lowest BCUT2D eigenvalue weighted by Gasteiger charge is -2.05. The van der Waals surface area contributed by atoms with Gasteiger partial charge in [0, 0.05) is 4.91 Å². The Labute approximate surface area is 83.1 Å². The molecule has 4 heteroatoms. The molecule has 0 N–H and O–H groups in total. The summed E-state index contributed by atoms with van der Waals surface area (Å²) in [5.74, 6) is 0.831. The lowest BCUT2D eigenvalue weighted by molar-refractivity contribution is 0.328. The molecule has 0 unspecified atom stereocenters. The van der Waals surface area contributed by atoms with E-state index in [4.69, 9.17) is 10.3 Å². The van der Waals surface area contributed by atoms with Crippen LogP contribution in [-0.4, -0.2) is 13.2 Å². The van der Waals surface area contributed by atoms with Crippen molar-refractivity contribution in [1.29, 1.82) is 0 Å². The second-order valence-corrected chi connectivity index (χ2v) is 2.80. The van der Waals surface area contributed by atoms with Gasteiger partial charge in [-0.3, -0.25) is 0 Å². The molecule has 0 atom stereocenters. The van der Waals surface area contributed by atoms with Crippen LogP contribution >= 0.6 is 0 Å². The van der Waals surface area contributed by atoms with Gasteiger partial charge >= 0.3 is 0 Å². The van der Waals surface area contributed by atoms with Gasteiger partial charge in [0.2, 0.25) is 0 Å². The minimum Gasteiger partial charge on any atom is -0.493 e. The number of hydrogen-bond acceptors (Lipinski definition) is 2. The fourth-order valence-electron chi connectivity index (χ4n) is 1.10. The first-order valence-electron chi connectivity index (χ1n) is 4.59. The van der Waals surface area contributed by atoms with E-state index >= 15 is 0 Å². The summed E-state index contributed by atoms with van der Waals surface area (Å²) >= 11 is 0. The van der Waals surface area contributed by atoms with Crippen molar-refractivity contribution in [2.45, 2.75) is 13.3 Å². The summed E-state index contributed by atoms with van der Waals surface area (Å²) < 4.78 is 5.39. The third-order valence-corrected chi connectivity index (χ3v) is 1.83. The van der Waals surface area contributed by atoms with Crippen molar-refractivity contribution < 1.29 is 4.74 Å². The lowest BCUT2D eigenvalue weighted by Crippen LogP contribution is -2.00. The number of benzene rings is 1. The first-order valence-corrected chi connectivity index (χ1v) is 4.59. The van der Waals surface area contributed by atoms with Crippen molar-refractivity contribution in [3.05, 3.63) is 40.3 Å². The minimum atomic E-state index is 0.368. The Bertz CT molecular complexity index is 332. The topological polar surface area (TPSA) is 58.0 Å². The van der Waals surface area contributed by atoms with Gasteiger partial charge in [0.05, 0.1) is 13.2 Å². The number of aryl methyl sites for hydroxylation is 1. The average Bonchev–Trinajstić information content (AvgIpc) is 2.25. The van der Waals surface area contributed by atoms with Gasteiger partial charge in [-0.2, -0.15) is 0 Å². The van der Waals surface area contributed by atoms with E-state index in [-0.39, 0.29) is 0 Å². The molecule has 0 fully saturated rings. The number of rotatable bonds is 5. The molecule has 0 aliphatic rings. The molecular formula is C10H13N3O. The second kappa shape index (κ2) is 5.89. The maximum atomic E-state index is 8.05. The molecule has 0 heterocycles. The van der Waals surface area contributed by atoms with Crippen LogP contribution in [0.25, 0.3) is 10.4 Å². The predicted octanol–water partition coefficient (Wildman–Crippen LogP) is 2.94. The van der Waals surface area contributed by atoms with Crippen LogP contribution in [0.1, 0.15) is 12.5 Å². The highest BCUT2D eigenvalue weighted by molar-refractivity contribution is 5.28. The minimum absolute atomic E-state index is 0.368. The Balaban J connectivity index is 2.45. The molecule has 1 rings (SSSR count). The van der Waals surface area contributed by atoms with E-state index in [2.05, 4.69) is 23.0 Å². The average molecular weight is 191 g/mol. The maximum absolute atomic E-state index is 8.05. The van der Waals surface area contributed by atoms with Gasteiger partial charge < -0.3 is 4.74 Å². The summed E-state index contributed by atoms with van der Waals surface area (Å²) in [6, 6.07) is 7.91. The van der Waals surface area contributed by atoms with Crippen LogP contribution in [0.5, 0.6) is 5.75 Å². The van der Waals surface area contributed by atoms with Gasteiger partial charge in [0.15, 0.2) is 0 Å². The van der Waals surface area contributed by atoms with E-state index in [0.29, 0.717) is 13.2 Å². The molecule has 4 nitrogen and oxygen atoms in total. The third kappa shape index (κ3) is 3.37. The Kier molecular flexibility index (Phi) is 4.38. The van der Waals surface area contributed by atoms with Crippen LogP contribution < -0.4 is 4.74 Å². The number of ether oxygens (including phenoxy) is 1. The summed E-state index contributed by atoms with van der Waals surface area (Å²) in [4.78, 5) is 2.65. The Morgan fingerprint density at radius 1 is 1.50 bits per heavy atom. The van der Waals surface area contributed by atoms with Crippen LogP contribution in [0.3, 0.4) is 0 Å². The molecular weight excluding hydrogens is 178 g/mol. The summed E-state index contributed by atoms with van der Waals surface area (Å²) in [5.41, 5.74) is 9.29. The maximum Gasteiger partial charge on any atom is 0.119 e. The quantitative estimate of drug-likeness (QED) is 0.305. The molecule has 0 saturated heterocycles. The van der Waals surface area contributed by atoms with E-state index in [0.717, 1.165) is 12.2 Å². The van der Waals surface area contributed by atoms with Gasteiger partial charge in [0.25, 0.3) is 0 Å². The smallest absolute Gasteiger partial charge is 0.119 e. The van der Waals surface area contributed by atoms with E-state index in [1.165, 1.54) is 5.56 Å². The van der Waals surface area contributed by atoms with Crippen molar-refractivity contribution in [1.82, 2.24) is 0 Å². The molecule has 0 bridgehead atoms. The number of azide groups is 1. The van der Waals surface area contributed by atoms with E-state index in [9.17, 15) is 0 Å². The highest BCUT2D eigenvalue weighted by Gasteiger charge is 1.94. The zero-order chi connectivity index (χ0) is 10.2. The predicted molar refractivity (Wildman–Crippen MR) is 55.3 cm³/mol. The molecule has 0 aliphatic heterocycles. The van der Waals surface area contributed by atoms with E-state index < -0.39 is 0 Å². The first-order chi connectivity index (χ1) is 6.86. The molecule has 0 saturated carbocycles. The van der Waals surface area contributed by atoms with E-state index in [1.54, 1.807) is 0 Å². The second-order valence-electron chi connectivity index (χ2n) is 2.80. The van der Waals surface area contributed by atoms with Crippen molar-refractivity contribution in [3.63, 3.8) is 0 Å². The van der Waals surface area contributed by atoms with Gasteiger partial charge in [-0.1, -0.05) is 24.2 Å². The monoisotopic (exact) mass is 191 g/mol. The van der Waals surface area contributed by atoms with Crippen molar-refractivity contribution >= 4 is 0 Å². The Morgan fingerprint density at radius 2 is 2.36 bits per heavy atom. The Morgan fingerprint density at radius 3 is 3.07 bits per heavy atom. The summed E-state index contributed by atoms with van der Waals surface area (Å²) in [6.07, 6.45) is 0.994. The fraction of sp³-hybridized carbons (Fsp3) is 0.400. The molecule has 1 aromatic rings. The van der Waals surface area contributed by atoms with Gasteiger partial charge in [0.1, 0.15) is 5.75 Å². The molecule has 1 aromatic carbocycles. The molecule has 0 spiro atoms. The highest BCUT2D eigenvalue weighted by atomic mass is 16.5. The fourth-order valence-corrected chi connectivity index (χ4v) is 1.10. The first kappa shape index (κ1) is 10.4. The van der Waals surface area contributed by atoms with Crippen molar-refractivity contribution in [3.8, 4) is 5.75 Å². The van der Waals surface area contributed by atoms with Crippen molar-refractivity contribution in [2.24, 2.45) is 5.11 Å². The number of nitrogens with zero attached hydrogens (tertiary/aromatic N) is 3. The Hall–Kier alpha value is -1.67.